The molecule has 2 N–H and O–H groups in total. The summed E-state index contributed by atoms with van der Waals surface area (Å²) in [5, 5.41) is 12.3. The molecule has 1 aromatic carbocycles. The Kier molecular flexibility index (Phi) is 4.97. The van der Waals surface area contributed by atoms with Crippen molar-refractivity contribution < 1.29 is 9.90 Å². The van der Waals surface area contributed by atoms with Gasteiger partial charge >= 0.3 is 0 Å². The topological polar surface area (TPSA) is 49.3 Å². The number of nitrogens with one attached hydrogen (secondary N) is 1. The second kappa shape index (κ2) is 6.71. The van der Waals surface area contributed by atoms with Gasteiger partial charge in [-0.1, -0.05) is 36.2 Å². The largest absolute Gasteiger partial charge is 0.396 e. The second-order valence-corrected chi connectivity index (χ2v) is 5.60. The van der Waals surface area contributed by atoms with Crippen LogP contribution in [0.4, 0.5) is 0 Å². The van der Waals surface area contributed by atoms with Crippen molar-refractivity contribution in [2.24, 2.45) is 11.8 Å². The van der Waals surface area contributed by atoms with Crippen LogP contribution >= 0.6 is 0 Å². The number of hydrogen-bond acceptors (Lipinski definition) is 2. The molecule has 0 radical (unpaired) electrons. The Hall–Kier alpha value is -1.35. The van der Waals surface area contributed by atoms with E-state index in [4.69, 9.17) is 0 Å². The number of rotatable bonds is 5. The highest BCUT2D eigenvalue weighted by molar-refractivity contribution is 5.78. The van der Waals surface area contributed by atoms with Crippen LogP contribution in [0.3, 0.4) is 0 Å². The summed E-state index contributed by atoms with van der Waals surface area (Å²) in [6.45, 7) is 2.99. The van der Waals surface area contributed by atoms with Crippen molar-refractivity contribution in [3.05, 3.63) is 35.4 Å². The number of aryl methyl sites for hydroxylation is 1. The van der Waals surface area contributed by atoms with Crippen molar-refractivity contribution in [1.82, 2.24) is 5.32 Å². The van der Waals surface area contributed by atoms with E-state index in [0.29, 0.717) is 24.8 Å². The zero-order valence-corrected chi connectivity index (χ0v) is 11.6. The molecule has 3 heteroatoms. The highest BCUT2D eigenvalue weighted by Gasteiger charge is 2.26. The Morgan fingerprint density at radius 2 is 1.95 bits per heavy atom. The fraction of sp³-hybridized carbons (Fsp3) is 0.562. The van der Waals surface area contributed by atoms with Crippen molar-refractivity contribution in [2.45, 2.75) is 32.6 Å². The first-order valence-electron chi connectivity index (χ1n) is 7.12. The van der Waals surface area contributed by atoms with E-state index in [2.05, 4.69) is 5.32 Å². The Labute approximate surface area is 115 Å². The van der Waals surface area contributed by atoms with E-state index in [0.717, 1.165) is 18.4 Å². The fourth-order valence-corrected chi connectivity index (χ4v) is 2.82. The number of benzene rings is 1. The van der Waals surface area contributed by atoms with Crippen LogP contribution in [-0.4, -0.2) is 24.2 Å². The highest BCUT2D eigenvalue weighted by atomic mass is 16.3. The van der Waals surface area contributed by atoms with E-state index in [1.807, 2.05) is 31.2 Å². The van der Waals surface area contributed by atoms with Gasteiger partial charge in [0.1, 0.15) is 0 Å². The molecule has 2 rings (SSSR count). The molecule has 1 amide bonds. The van der Waals surface area contributed by atoms with Gasteiger partial charge in [-0.25, -0.2) is 0 Å². The molecule has 0 bridgehead atoms. The molecular weight excluding hydrogens is 238 g/mol. The van der Waals surface area contributed by atoms with Crippen LogP contribution in [0, 0.1) is 18.8 Å². The van der Waals surface area contributed by atoms with Crippen LogP contribution < -0.4 is 5.32 Å². The smallest absolute Gasteiger partial charge is 0.224 e. The fourth-order valence-electron chi connectivity index (χ4n) is 2.82. The van der Waals surface area contributed by atoms with Gasteiger partial charge in [-0.2, -0.15) is 0 Å². The first-order chi connectivity index (χ1) is 9.19. The van der Waals surface area contributed by atoms with Gasteiger partial charge in [-0.3, -0.25) is 4.79 Å². The van der Waals surface area contributed by atoms with Gasteiger partial charge in [0.15, 0.2) is 0 Å². The zero-order chi connectivity index (χ0) is 13.7. The summed E-state index contributed by atoms with van der Waals surface area (Å²) in [5.74, 6) is 0.902. The average molecular weight is 261 g/mol. The van der Waals surface area contributed by atoms with Crippen molar-refractivity contribution >= 4 is 5.91 Å². The molecule has 2 unspecified atom stereocenters. The summed E-state index contributed by atoms with van der Waals surface area (Å²) < 4.78 is 0. The van der Waals surface area contributed by atoms with Crippen LogP contribution in [0.2, 0.25) is 0 Å². The zero-order valence-electron chi connectivity index (χ0n) is 11.6. The number of carbonyl (C=O) groups excluding carboxylic acids is 1. The molecule has 1 aliphatic carbocycles. The number of aliphatic hydroxyl groups excluding tert-OH is 1. The van der Waals surface area contributed by atoms with Gasteiger partial charge < -0.3 is 10.4 Å². The molecule has 0 spiro atoms. The van der Waals surface area contributed by atoms with Crippen LogP contribution in [0.15, 0.2) is 24.3 Å². The predicted molar refractivity (Wildman–Crippen MR) is 75.8 cm³/mol. The number of hydrogen-bond donors (Lipinski definition) is 2. The summed E-state index contributed by atoms with van der Waals surface area (Å²) >= 11 is 0. The quantitative estimate of drug-likeness (QED) is 0.852. The Bertz CT molecular complexity index is 413. The Morgan fingerprint density at radius 1 is 1.26 bits per heavy atom. The minimum atomic E-state index is 0.0763. The van der Waals surface area contributed by atoms with Gasteiger partial charge in [-0.15, -0.1) is 0 Å². The van der Waals surface area contributed by atoms with Crippen LogP contribution in [-0.2, 0) is 11.2 Å². The molecule has 1 fully saturated rings. The summed E-state index contributed by atoms with van der Waals surface area (Å²) in [6, 6.07) is 8.06. The first kappa shape index (κ1) is 14.1. The molecule has 104 valence electrons. The SMILES string of the molecule is Cc1ccc(CC(=O)NCC2CCCC2CO)cc1. The summed E-state index contributed by atoms with van der Waals surface area (Å²) in [4.78, 5) is 11.9. The molecule has 19 heavy (non-hydrogen) atoms. The molecule has 1 aliphatic rings. The van der Waals surface area contributed by atoms with Crippen molar-refractivity contribution in [3.8, 4) is 0 Å². The maximum Gasteiger partial charge on any atom is 0.224 e. The lowest BCUT2D eigenvalue weighted by atomic mass is 9.97. The molecule has 3 nitrogen and oxygen atoms in total. The minimum Gasteiger partial charge on any atom is -0.396 e. The molecule has 0 saturated heterocycles. The van der Waals surface area contributed by atoms with Crippen molar-refractivity contribution in [3.63, 3.8) is 0 Å². The molecule has 0 aliphatic heterocycles. The van der Waals surface area contributed by atoms with Crippen LogP contribution in [0.1, 0.15) is 30.4 Å². The lowest BCUT2D eigenvalue weighted by molar-refractivity contribution is -0.120. The minimum absolute atomic E-state index is 0.0763. The summed E-state index contributed by atoms with van der Waals surface area (Å²) in [5.41, 5.74) is 2.26. The molecule has 0 heterocycles. The normalized spacial score (nSPS) is 22.4. The number of amides is 1. The Balaban J connectivity index is 1.77. The first-order valence-corrected chi connectivity index (χ1v) is 7.12. The molecule has 0 aromatic heterocycles. The standard InChI is InChI=1S/C16H23NO2/c1-12-5-7-13(8-6-12)9-16(19)17-10-14-3-2-4-15(14)11-18/h5-8,14-15,18H,2-4,9-11H2,1H3,(H,17,19). The molecule has 2 atom stereocenters. The van der Waals surface area contributed by atoms with Gasteiger partial charge in [0, 0.05) is 13.2 Å². The van der Waals surface area contributed by atoms with E-state index in [1.54, 1.807) is 0 Å². The Morgan fingerprint density at radius 3 is 2.63 bits per heavy atom. The average Bonchev–Trinajstić information content (AvgIpc) is 2.86. The van der Waals surface area contributed by atoms with Gasteiger partial charge in [0.25, 0.3) is 0 Å². The maximum atomic E-state index is 11.9. The molecular formula is C16H23NO2. The van der Waals surface area contributed by atoms with E-state index in [1.165, 1.54) is 12.0 Å². The monoisotopic (exact) mass is 261 g/mol. The number of aliphatic hydroxyl groups is 1. The predicted octanol–water partition coefficient (Wildman–Crippen LogP) is 2.06. The highest BCUT2D eigenvalue weighted by Crippen LogP contribution is 2.30. The summed E-state index contributed by atoms with van der Waals surface area (Å²) in [6.07, 6.45) is 3.82. The lowest BCUT2D eigenvalue weighted by Gasteiger charge is -2.17. The van der Waals surface area contributed by atoms with Crippen molar-refractivity contribution in [2.75, 3.05) is 13.2 Å². The molecule has 1 aromatic rings. The van der Waals surface area contributed by atoms with E-state index in [-0.39, 0.29) is 12.5 Å². The van der Waals surface area contributed by atoms with E-state index in [9.17, 15) is 9.90 Å². The van der Waals surface area contributed by atoms with Crippen LogP contribution in [0.5, 0.6) is 0 Å². The third-order valence-electron chi connectivity index (χ3n) is 4.10. The van der Waals surface area contributed by atoms with Gasteiger partial charge in [-0.05, 0) is 37.2 Å². The van der Waals surface area contributed by atoms with Gasteiger partial charge in [0.05, 0.1) is 6.42 Å². The molecule has 1 saturated carbocycles. The maximum absolute atomic E-state index is 11.9. The van der Waals surface area contributed by atoms with Gasteiger partial charge in [0.2, 0.25) is 5.91 Å². The summed E-state index contributed by atoms with van der Waals surface area (Å²) in [7, 11) is 0. The third-order valence-corrected chi connectivity index (χ3v) is 4.10. The van der Waals surface area contributed by atoms with Crippen molar-refractivity contribution in [1.29, 1.82) is 0 Å². The number of carbonyl (C=O) groups is 1. The third kappa shape index (κ3) is 4.06. The lowest BCUT2D eigenvalue weighted by Crippen LogP contribution is -2.32. The van der Waals surface area contributed by atoms with Crippen LogP contribution in [0.25, 0.3) is 0 Å². The van der Waals surface area contributed by atoms with E-state index >= 15 is 0 Å². The van der Waals surface area contributed by atoms with E-state index < -0.39 is 0 Å². The second-order valence-electron chi connectivity index (χ2n) is 5.60.